The van der Waals surface area contributed by atoms with Gasteiger partial charge in [0.1, 0.15) is 17.9 Å². The van der Waals surface area contributed by atoms with Crippen LogP contribution in [0.25, 0.3) is 11.3 Å². The molecular formula is C38H48FN5O7. The fraction of sp³-hybridized carbons (Fsp3) is 0.368. The van der Waals surface area contributed by atoms with Crippen molar-refractivity contribution in [1.82, 2.24) is 20.6 Å². The van der Waals surface area contributed by atoms with Crippen LogP contribution in [-0.4, -0.2) is 74.9 Å². The molecule has 0 aliphatic rings. The number of amides is 2. The van der Waals surface area contributed by atoms with Crippen molar-refractivity contribution in [3.8, 4) is 28.5 Å². The van der Waals surface area contributed by atoms with Crippen molar-refractivity contribution in [3.05, 3.63) is 90.3 Å². The van der Waals surface area contributed by atoms with Crippen LogP contribution in [0.4, 0.5) is 15.9 Å². The molecule has 4 aromatic rings. The predicted molar refractivity (Wildman–Crippen MR) is 194 cm³/mol. The number of benzene rings is 3. The van der Waals surface area contributed by atoms with E-state index in [1.54, 1.807) is 48.5 Å². The first kappa shape index (κ1) is 40.2. The second kappa shape index (κ2) is 18.6. The Labute approximate surface area is 298 Å². The van der Waals surface area contributed by atoms with E-state index in [2.05, 4.69) is 39.8 Å². The highest BCUT2D eigenvalue weighted by atomic mass is 19.2. The van der Waals surface area contributed by atoms with Crippen molar-refractivity contribution in [2.45, 2.75) is 59.4 Å². The number of aliphatic hydroxyl groups is 1. The third-order valence-electron chi connectivity index (χ3n) is 7.09. The number of phenolic OH excluding ortho intramolecular Hbond substituents is 2. The van der Waals surface area contributed by atoms with Gasteiger partial charge in [-0.25, -0.2) is 9.97 Å². The van der Waals surface area contributed by atoms with Gasteiger partial charge in [-0.05, 0) is 74.7 Å². The quantitative estimate of drug-likeness (QED) is 0.0764. The van der Waals surface area contributed by atoms with Crippen molar-refractivity contribution >= 4 is 23.3 Å². The van der Waals surface area contributed by atoms with Crippen molar-refractivity contribution in [2.24, 2.45) is 5.92 Å². The van der Waals surface area contributed by atoms with Crippen molar-refractivity contribution in [2.75, 3.05) is 31.6 Å². The van der Waals surface area contributed by atoms with Crippen molar-refractivity contribution < 1.29 is 38.8 Å². The molecule has 51 heavy (non-hydrogen) atoms. The molecule has 13 heteroatoms. The van der Waals surface area contributed by atoms with Crippen LogP contribution in [0.1, 0.15) is 68.7 Å². The smallest absolute Gasteiger partial charge is 0.255 e. The first-order chi connectivity index (χ1) is 24.1. The molecule has 2 amide bonds. The lowest BCUT2D eigenvalue weighted by atomic mass is 10.1. The number of hydrogen-bond donors (Lipinski definition) is 6. The second-order valence-electron chi connectivity index (χ2n) is 13.1. The molecule has 1 aromatic heterocycles. The summed E-state index contributed by atoms with van der Waals surface area (Å²) in [5, 5.41) is 36.4. The van der Waals surface area contributed by atoms with Crippen LogP contribution >= 0.6 is 0 Å². The Hall–Kier alpha value is -5.27. The van der Waals surface area contributed by atoms with E-state index in [1.165, 1.54) is 38.4 Å². The predicted octanol–water partition coefficient (Wildman–Crippen LogP) is 6.36. The molecule has 0 bridgehead atoms. The summed E-state index contributed by atoms with van der Waals surface area (Å²) < 4.78 is 24.5. The Balaban J connectivity index is 0.000000295. The Morgan fingerprint density at radius 2 is 1.61 bits per heavy atom. The molecule has 4 rings (SSSR count). The molecule has 0 spiro atoms. The van der Waals surface area contributed by atoms with Crippen LogP contribution in [0, 0.1) is 5.92 Å². The molecule has 0 saturated heterocycles. The number of nitrogens with zero attached hydrogens (tertiary/aromatic N) is 2. The van der Waals surface area contributed by atoms with Crippen LogP contribution in [0.2, 0.25) is 0 Å². The molecule has 0 aliphatic heterocycles. The van der Waals surface area contributed by atoms with Gasteiger partial charge in [0.25, 0.3) is 11.8 Å². The highest BCUT2D eigenvalue weighted by Gasteiger charge is 2.22. The van der Waals surface area contributed by atoms with Crippen molar-refractivity contribution in [3.63, 3.8) is 0 Å². The van der Waals surface area contributed by atoms with Gasteiger partial charge < -0.3 is 40.7 Å². The molecular weight excluding hydrogens is 657 g/mol. The number of aromatic hydroxyl groups is 2. The normalized spacial score (nSPS) is 11.3. The molecule has 0 fully saturated rings. The van der Waals surface area contributed by atoms with Crippen LogP contribution in [0.3, 0.4) is 0 Å². The Morgan fingerprint density at radius 3 is 2.27 bits per heavy atom. The Kier molecular flexibility index (Phi) is 14.7. The number of para-hydroxylation sites is 1. The van der Waals surface area contributed by atoms with E-state index in [0.717, 1.165) is 17.7 Å². The zero-order chi connectivity index (χ0) is 37.6. The van der Waals surface area contributed by atoms with Gasteiger partial charge in [-0.1, -0.05) is 32.0 Å². The minimum atomic E-state index is -1.75. The third kappa shape index (κ3) is 13.9. The van der Waals surface area contributed by atoms with Gasteiger partial charge in [0, 0.05) is 56.4 Å². The SMILES string of the molecule is CC(C)(F)Oc1ccc(Nc2cc(-c3cccc(C(=O)NCCO)c3)ncn2)cc1.CC(C)CCOC(C)(C)CNC(=O)c1cccc(O)c1O. The second-order valence-corrected chi connectivity index (χ2v) is 13.1. The largest absolute Gasteiger partial charge is 0.504 e. The number of aliphatic hydroxyl groups excluding tert-OH is 1. The van der Waals surface area contributed by atoms with E-state index in [9.17, 15) is 24.2 Å². The number of rotatable bonds is 15. The van der Waals surface area contributed by atoms with Crippen LogP contribution in [0.15, 0.2) is 79.1 Å². The maximum Gasteiger partial charge on any atom is 0.255 e. The average Bonchev–Trinajstić information content (AvgIpc) is 3.08. The molecule has 0 saturated carbocycles. The van der Waals surface area contributed by atoms with E-state index >= 15 is 0 Å². The number of hydrogen-bond acceptors (Lipinski definition) is 10. The van der Waals surface area contributed by atoms with Crippen molar-refractivity contribution in [1.29, 1.82) is 0 Å². The van der Waals surface area contributed by atoms with Gasteiger partial charge >= 0.3 is 0 Å². The molecule has 3 aromatic carbocycles. The van der Waals surface area contributed by atoms with E-state index < -0.39 is 23.1 Å². The molecule has 0 atom stereocenters. The lowest BCUT2D eigenvalue weighted by Gasteiger charge is -2.26. The van der Waals surface area contributed by atoms with Gasteiger partial charge in [-0.15, -0.1) is 0 Å². The molecule has 274 valence electrons. The van der Waals surface area contributed by atoms with Crippen LogP contribution < -0.4 is 20.7 Å². The van der Waals surface area contributed by atoms with Gasteiger partial charge in [-0.2, -0.15) is 4.39 Å². The maximum atomic E-state index is 13.6. The number of alkyl halides is 1. The number of halogens is 1. The van der Waals surface area contributed by atoms with Gasteiger partial charge in [-0.3, -0.25) is 9.59 Å². The zero-order valence-corrected chi connectivity index (χ0v) is 29.9. The molecule has 12 nitrogen and oxygen atoms in total. The standard InChI is InChI=1S/C22H23FN4O3.C16H25NO4/c1-22(2,23)30-18-8-6-17(7-9-18)27-20-13-19(25-14-26-20)15-4-3-5-16(12-15)21(29)24-10-11-28;1-11(2)8-9-21-16(3,4)10-17-15(20)12-6-5-7-13(18)14(12)19/h3-9,12-14,28H,10-11H2,1-2H3,(H,24,29)(H,25,26,27);5-7,11,18-19H,8-10H2,1-4H3,(H,17,20). The number of nitrogens with one attached hydrogen (secondary N) is 3. The first-order valence-corrected chi connectivity index (χ1v) is 16.6. The molecule has 1 heterocycles. The molecule has 0 aliphatic carbocycles. The number of anilines is 2. The summed E-state index contributed by atoms with van der Waals surface area (Å²) in [4.78, 5) is 32.6. The van der Waals surface area contributed by atoms with Gasteiger partial charge in [0.05, 0.1) is 23.5 Å². The van der Waals surface area contributed by atoms with Crippen LogP contribution in [-0.2, 0) is 4.74 Å². The Morgan fingerprint density at radius 1 is 0.902 bits per heavy atom. The number of ether oxygens (including phenoxy) is 2. The monoisotopic (exact) mass is 705 g/mol. The summed E-state index contributed by atoms with van der Waals surface area (Å²) >= 11 is 0. The summed E-state index contributed by atoms with van der Waals surface area (Å²) in [6.45, 7) is 11.8. The number of phenols is 2. The number of carbonyl (C=O) groups excluding carboxylic acids is 2. The maximum absolute atomic E-state index is 13.6. The van der Waals surface area contributed by atoms with E-state index in [4.69, 9.17) is 14.6 Å². The van der Waals surface area contributed by atoms with Gasteiger partial charge in [0.2, 0.25) is 5.85 Å². The minimum absolute atomic E-state index is 0.0491. The minimum Gasteiger partial charge on any atom is -0.504 e. The zero-order valence-electron chi connectivity index (χ0n) is 29.9. The van der Waals surface area contributed by atoms with Gasteiger partial charge in [0.15, 0.2) is 11.5 Å². The average molecular weight is 706 g/mol. The highest BCUT2D eigenvalue weighted by Crippen LogP contribution is 2.28. The number of carbonyl (C=O) groups is 2. The highest BCUT2D eigenvalue weighted by molar-refractivity contribution is 5.97. The van der Waals surface area contributed by atoms with E-state index in [0.29, 0.717) is 41.9 Å². The third-order valence-corrected chi connectivity index (χ3v) is 7.09. The molecule has 0 radical (unpaired) electrons. The fourth-order valence-corrected chi connectivity index (χ4v) is 4.43. The topological polar surface area (TPSA) is 175 Å². The summed E-state index contributed by atoms with van der Waals surface area (Å²) in [6, 6.07) is 19.9. The molecule has 6 N–H and O–H groups in total. The lowest BCUT2D eigenvalue weighted by Crippen LogP contribution is -2.40. The van der Waals surface area contributed by atoms with E-state index in [-0.39, 0.29) is 30.4 Å². The van der Waals surface area contributed by atoms with Crippen LogP contribution in [0.5, 0.6) is 17.2 Å². The lowest BCUT2D eigenvalue weighted by molar-refractivity contribution is -0.0257. The number of aromatic nitrogens is 2. The first-order valence-electron chi connectivity index (χ1n) is 16.6. The summed E-state index contributed by atoms with van der Waals surface area (Å²) in [6.07, 6.45) is 2.39. The fourth-order valence-electron chi connectivity index (χ4n) is 4.43. The summed E-state index contributed by atoms with van der Waals surface area (Å²) in [5.41, 5.74) is 2.18. The van der Waals surface area contributed by atoms with E-state index in [1.807, 2.05) is 19.9 Å². The molecule has 0 unspecified atom stereocenters. The summed E-state index contributed by atoms with van der Waals surface area (Å²) in [7, 11) is 0. The summed E-state index contributed by atoms with van der Waals surface area (Å²) in [5.74, 6) is -1.62. The Bertz CT molecular complexity index is 1730.